The van der Waals surface area contributed by atoms with Crippen molar-refractivity contribution in [3.8, 4) is 5.75 Å². The predicted octanol–water partition coefficient (Wildman–Crippen LogP) is 5.12. The van der Waals surface area contributed by atoms with Crippen molar-refractivity contribution in [2.45, 2.75) is 18.2 Å². The van der Waals surface area contributed by atoms with Crippen LogP contribution in [0.4, 0.5) is 11.4 Å². The number of ether oxygens (including phenoxy) is 1. The highest BCUT2D eigenvalue weighted by atomic mass is 35.5. The maximum absolute atomic E-state index is 13.0. The van der Waals surface area contributed by atoms with E-state index in [1.165, 1.54) is 13.2 Å². The zero-order valence-corrected chi connectivity index (χ0v) is 19.5. The number of halogens is 1. The number of methoxy groups -OCH3 is 1. The van der Waals surface area contributed by atoms with E-state index >= 15 is 0 Å². The Kier molecular flexibility index (Phi) is 6.31. The summed E-state index contributed by atoms with van der Waals surface area (Å²) in [5, 5.41) is 4.30. The lowest BCUT2D eigenvalue weighted by molar-refractivity contribution is -0.115. The van der Waals surface area contributed by atoms with E-state index in [9.17, 15) is 13.2 Å². The number of nitrogens with one attached hydrogen (secondary N) is 3. The predicted molar refractivity (Wildman–Crippen MR) is 131 cm³/mol. The zero-order valence-electron chi connectivity index (χ0n) is 18.0. The van der Waals surface area contributed by atoms with Gasteiger partial charge in [0, 0.05) is 33.5 Å². The van der Waals surface area contributed by atoms with Crippen LogP contribution in [0.3, 0.4) is 0 Å². The third-order valence-electron chi connectivity index (χ3n) is 5.18. The number of sulfonamides is 1. The first-order valence-corrected chi connectivity index (χ1v) is 11.9. The minimum atomic E-state index is -3.86. The van der Waals surface area contributed by atoms with Crippen molar-refractivity contribution < 1.29 is 17.9 Å². The van der Waals surface area contributed by atoms with Gasteiger partial charge in [-0.3, -0.25) is 9.52 Å². The maximum atomic E-state index is 13.0. The normalized spacial score (nSPS) is 11.4. The van der Waals surface area contributed by atoms with Crippen molar-refractivity contribution >= 4 is 49.8 Å². The van der Waals surface area contributed by atoms with Crippen LogP contribution in [0.25, 0.3) is 10.9 Å². The third-order valence-corrected chi connectivity index (χ3v) is 6.94. The molecule has 0 saturated carbocycles. The summed E-state index contributed by atoms with van der Waals surface area (Å²) in [6.07, 6.45) is 1.89. The van der Waals surface area contributed by atoms with Gasteiger partial charge in [0.15, 0.2) is 0 Å². The Balaban J connectivity index is 1.51. The van der Waals surface area contributed by atoms with Gasteiger partial charge in [-0.25, -0.2) is 8.42 Å². The number of carbonyl (C=O) groups excluding carboxylic acids is 1. The van der Waals surface area contributed by atoms with Gasteiger partial charge in [0.2, 0.25) is 5.91 Å². The quantitative estimate of drug-likeness (QED) is 0.339. The van der Waals surface area contributed by atoms with Gasteiger partial charge in [0.05, 0.1) is 18.4 Å². The molecule has 0 saturated heterocycles. The molecule has 9 heteroatoms. The van der Waals surface area contributed by atoms with Crippen LogP contribution >= 0.6 is 11.6 Å². The second-order valence-corrected chi connectivity index (χ2v) is 9.63. The summed E-state index contributed by atoms with van der Waals surface area (Å²) >= 11 is 6.01. The Morgan fingerprint density at radius 2 is 1.76 bits per heavy atom. The highest BCUT2D eigenvalue weighted by Crippen LogP contribution is 2.25. The summed E-state index contributed by atoms with van der Waals surface area (Å²) in [6.45, 7) is 1.70. The molecule has 4 rings (SSSR count). The lowest BCUT2D eigenvalue weighted by Crippen LogP contribution is -2.17. The Bertz CT molecular complexity index is 1430. The molecule has 33 heavy (non-hydrogen) atoms. The molecule has 0 spiro atoms. The summed E-state index contributed by atoms with van der Waals surface area (Å²) in [6, 6.07) is 16.8. The van der Waals surface area contributed by atoms with E-state index in [1.807, 2.05) is 6.07 Å². The molecule has 0 radical (unpaired) electrons. The topological polar surface area (TPSA) is 100 Å². The van der Waals surface area contributed by atoms with Gasteiger partial charge in [-0.1, -0.05) is 23.7 Å². The molecule has 1 aromatic heterocycles. The van der Waals surface area contributed by atoms with Crippen LogP contribution in [0.15, 0.2) is 71.8 Å². The Hall–Kier alpha value is -3.49. The lowest BCUT2D eigenvalue weighted by Gasteiger charge is -2.13. The number of aromatic nitrogens is 1. The van der Waals surface area contributed by atoms with Crippen LogP contribution < -0.4 is 14.8 Å². The average Bonchev–Trinajstić information content (AvgIpc) is 3.16. The van der Waals surface area contributed by atoms with Crippen LogP contribution in [0.1, 0.15) is 11.1 Å². The maximum Gasteiger partial charge on any atom is 0.262 e. The number of rotatable bonds is 7. The number of carbonyl (C=O) groups is 1. The van der Waals surface area contributed by atoms with Gasteiger partial charge < -0.3 is 15.0 Å². The molecule has 1 heterocycles. The Morgan fingerprint density at radius 1 is 1.03 bits per heavy atom. The smallest absolute Gasteiger partial charge is 0.262 e. The molecule has 0 aliphatic heterocycles. The number of hydrogen-bond donors (Lipinski definition) is 3. The standard InChI is InChI=1S/C24H22ClN3O4S/c1-15-3-5-19(13-23(15)33(30,31)28-18-6-8-20(32-2)9-7-18)27-24(29)11-16-14-26-22-12-17(25)4-10-21(16)22/h3-10,12-14,26,28H,11H2,1-2H3,(H,27,29). The summed E-state index contributed by atoms with van der Waals surface area (Å²) in [7, 11) is -2.33. The van der Waals surface area contributed by atoms with Crippen molar-refractivity contribution in [2.24, 2.45) is 0 Å². The number of aromatic amines is 1. The molecule has 0 aliphatic rings. The van der Waals surface area contributed by atoms with Gasteiger partial charge in [0.1, 0.15) is 5.75 Å². The zero-order chi connectivity index (χ0) is 23.6. The van der Waals surface area contributed by atoms with E-state index in [-0.39, 0.29) is 17.2 Å². The average molecular weight is 484 g/mol. The van der Waals surface area contributed by atoms with E-state index in [0.29, 0.717) is 27.7 Å². The van der Waals surface area contributed by atoms with E-state index < -0.39 is 10.0 Å². The molecule has 4 aromatic rings. The third kappa shape index (κ3) is 5.13. The Morgan fingerprint density at radius 3 is 2.48 bits per heavy atom. The number of H-pyrrole nitrogens is 1. The lowest BCUT2D eigenvalue weighted by atomic mass is 10.1. The van der Waals surface area contributed by atoms with Crippen molar-refractivity contribution in [2.75, 3.05) is 17.1 Å². The molecule has 0 atom stereocenters. The summed E-state index contributed by atoms with van der Waals surface area (Å²) in [5.41, 5.74) is 3.02. The molecule has 3 aromatic carbocycles. The van der Waals surface area contributed by atoms with Crippen LogP contribution in [0, 0.1) is 6.92 Å². The molecule has 7 nitrogen and oxygen atoms in total. The molecule has 3 N–H and O–H groups in total. The number of hydrogen-bond acceptors (Lipinski definition) is 4. The van der Waals surface area contributed by atoms with Crippen LogP contribution in [-0.4, -0.2) is 26.4 Å². The minimum Gasteiger partial charge on any atom is -0.497 e. The van der Waals surface area contributed by atoms with Crippen molar-refractivity contribution in [3.63, 3.8) is 0 Å². The van der Waals surface area contributed by atoms with Gasteiger partial charge in [-0.15, -0.1) is 0 Å². The number of anilines is 2. The van der Waals surface area contributed by atoms with Crippen LogP contribution in [-0.2, 0) is 21.2 Å². The number of aryl methyl sites for hydroxylation is 1. The fraction of sp³-hybridized carbons (Fsp3) is 0.125. The molecule has 0 unspecified atom stereocenters. The van der Waals surface area contributed by atoms with Gasteiger partial charge >= 0.3 is 0 Å². The fourth-order valence-electron chi connectivity index (χ4n) is 3.52. The fourth-order valence-corrected chi connectivity index (χ4v) is 5.02. The van der Waals surface area contributed by atoms with Crippen LogP contribution in [0.2, 0.25) is 5.02 Å². The first-order chi connectivity index (χ1) is 15.7. The highest BCUT2D eigenvalue weighted by Gasteiger charge is 2.19. The van der Waals surface area contributed by atoms with Gasteiger partial charge in [0.25, 0.3) is 10.0 Å². The molecule has 1 amide bonds. The number of fused-ring (bicyclic) bond motifs is 1. The first kappa shape index (κ1) is 22.7. The van der Waals surface area contributed by atoms with Crippen LogP contribution in [0.5, 0.6) is 5.75 Å². The number of benzene rings is 3. The van der Waals surface area contributed by atoms with Crippen molar-refractivity contribution in [1.82, 2.24) is 4.98 Å². The summed E-state index contributed by atoms with van der Waals surface area (Å²) in [5.74, 6) is 0.360. The number of amides is 1. The van der Waals surface area contributed by atoms with Gasteiger partial charge in [-0.05, 0) is 66.6 Å². The van der Waals surface area contributed by atoms with E-state index in [0.717, 1.165) is 16.5 Å². The van der Waals surface area contributed by atoms with E-state index in [2.05, 4.69) is 15.0 Å². The highest BCUT2D eigenvalue weighted by molar-refractivity contribution is 7.92. The molecule has 0 bridgehead atoms. The summed E-state index contributed by atoms with van der Waals surface area (Å²) in [4.78, 5) is 15.8. The SMILES string of the molecule is COc1ccc(NS(=O)(=O)c2cc(NC(=O)Cc3c[nH]c4cc(Cl)ccc34)ccc2C)cc1. The second-order valence-electron chi connectivity index (χ2n) is 7.54. The first-order valence-electron chi connectivity index (χ1n) is 10.1. The second kappa shape index (κ2) is 9.17. The minimum absolute atomic E-state index is 0.0813. The largest absolute Gasteiger partial charge is 0.497 e. The van der Waals surface area contributed by atoms with Gasteiger partial charge in [-0.2, -0.15) is 0 Å². The molecule has 170 valence electrons. The van der Waals surface area contributed by atoms with Crippen molar-refractivity contribution in [1.29, 1.82) is 0 Å². The van der Waals surface area contributed by atoms with Crippen molar-refractivity contribution in [3.05, 3.63) is 83.0 Å². The Labute approximate surface area is 196 Å². The molecular formula is C24H22ClN3O4S. The molecule has 0 aliphatic carbocycles. The van der Waals surface area contributed by atoms with E-state index in [1.54, 1.807) is 61.7 Å². The summed E-state index contributed by atoms with van der Waals surface area (Å²) < 4.78 is 33.6. The molecular weight excluding hydrogens is 462 g/mol. The molecule has 0 fully saturated rings. The monoisotopic (exact) mass is 483 g/mol. The van der Waals surface area contributed by atoms with E-state index in [4.69, 9.17) is 16.3 Å².